The first kappa shape index (κ1) is 17.1. The van der Waals surface area contributed by atoms with Gasteiger partial charge in [-0.3, -0.25) is 0 Å². The highest BCUT2D eigenvalue weighted by Gasteiger charge is 2.25. The van der Waals surface area contributed by atoms with Gasteiger partial charge in [0.05, 0.1) is 15.0 Å². The maximum absolute atomic E-state index is 12.4. The Morgan fingerprint density at radius 1 is 1.00 bits per heavy atom. The van der Waals surface area contributed by atoms with Crippen LogP contribution in [0.2, 0.25) is 0 Å². The average Bonchev–Trinajstić information content (AvgIpc) is 2.37. The van der Waals surface area contributed by atoms with Crippen LogP contribution in [0.1, 0.15) is 20.3 Å². The summed E-state index contributed by atoms with van der Waals surface area (Å²) in [4.78, 5) is 0.272. The van der Waals surface area contributed by atoms with Crippen molar-refractivity contribution in [2.24, 2.45) is 0 Å². The van der Waals surface area contributed by atoms with Crippen molar-refractivity contribution in [2.45, 2.75) is 41.4 Å². The van der Waals surface area contributed by atoms with Crippen molar-refractivity contribution >= 4 is 19.7 Å². The van der Waals surface area contributed by atoms with E-state index >= 15 is 0 Å². The summed E-state index contributed by atoms with van der Waals surface area (Å²) in [6.07, 6.45) is 1.58. The van der Waals surface area contributed by atoms with E-state index in [0.29, 0.717) is 6.42 Å². The Balaban J connectivity index is 3.05. The first-order valence-electron chi connectivity index (χ1n) is 6.30. The molecule has 2 unspecified atom stereocenters. The largest absolute Gasteiger partial charge is 0.317 e. The van der Waals surface area contributed by atoms with Crippen LogP contribution in [-0.4, -0.2) is 41.4 Å². The summed E-state index contributed by atoms with van der Waals surface area (Å²) in [6, 6.07) is 5.46. The molecule has 20 heavy (non-hydrogen) atoms. The van der Waals surface area contributed by atoms with Crippen LogP contribution in [0.15, 0.2) is 34.1 Å². The summed E-state index contributed by atoms with van der Waals surface area (Å²) in [5, 5.41) is 2.47. The molecule has 0 bridgehead atoms. The van der Waals surface area contributed by atoms with Gasteiger partial charge in [-0.05, 0) is 51.6 Å². The minimum absolute atomic E-state index is 0.0927. The van der Waals surface area contributed by atoms with Crippen LogP contribution in [0.25, 0.3) is 0 Å². The minimum Gasteiger partial charge on any atom is -0.317 e. The number of hydrogen-bond donors (Lipinski definition) is 1. The zero-order chi connectivity index (χ0) is 15.6. The molecule has 1 aromatic rings. The summed E-state index contributed by atoms with van der Waals surface area (Å²) in [7, 11) is -4.97. The van der Waals surface area contributed by atoms with Gasteiger partial charge >= 0.3 is 0 Å². The summed E-state index contributed by atoms with van der Waals surface area (Å²) in [5.74, 6) is 0. The van der Waals surface area contributed by atoms with Crippen molar-refractivity contribution in [2.75, 3.05) is 13.3 Å². The van der Waals surface area contributed by atoms with E-state index in [1.807, 2.05) is 6.92 Å². The average molecular weight is 319 g/mol. The topological polar surface area (TPSA) is 80.3 Å². The van der Waals surface area contributed by atoms with Crippen LogP contribution in [-0.2, 0) is 19.7 Å². The highest BCUT2D eigenvalue weighted by atomic mass is 32.2. The lowest BCUT2D eigenvalue weighted by Crippen LogP contribution is -2.29. The predicted octanol–water partition coefficient (Wildman–Crippen LogP) is 1.25. The van der Waals surface area contributed by atoms with Crippen molar-refractivity contribution in [3.8, 4) is 0 Å². The lowest BCUT2D eigenvalue weighted by molar-refractivity contribution is 0.530. The Morgan fingerprint density at radius 2 is 1.45 bits per heavy atom. The van der Waals surface area contributed by atoms with Crippen LogP contribution in [0.3, 0.4) is 0 Å². The third-order valence-corrected chi connectivity index (χ3v) is 6.60. The van der Waals surface area contributed by atoms with E-state index < -0.39 is 24.9 Å². The lowest BCUT2D eigenvalue weighted by atomic mass is 10.2. The Morgan fingerprint density at radius 3 is 1.85 bits per heavy atom. The molecule has 0 aliphatic carbocycles. The van der Waals surface area contributed by atoms with Gasteiger partial charge in [0.1, 0.15) is 0 Å². The maximum Gasteiger partial charge on any atom is 0.181 e. The number of benzene rings is 1. The van der Waals surface area contributed by atoms with E-state index in [1.165, 1.54) is 24.3 Å². The molecular weight excluding hydrogens is 298 g/mol. The van der Waals surface area contributed by atoms with Crippen molar-refractivity contribution in [3.05, 3.63) is 24.3 Å². The zero-order valence-corrected chi connectivity index (χ0v) is 13.8. The van der Waals surface area contributed by atoms with Gasteiger partial charge < -0.3 is 5.32 Å². The molecule has 5 nitrogen and oxygen atoms in total. The standard InChI is InChI=1S/C13H21NO4S2/c1-10(14-3)9-11(2)20(17,18)13-7-5-12(6-8-13)19(4,15)16/h5-8,10-11,14H,9H2,1-4H3. The van der Waals surface area contributed by atoms with Gasteiger partial charge in [0.15, 0.2) is 19.7 Å². The monoisotopic (exact) mass is 319 g/mol. The Bertz CT molecular complexity index is 648. The molecular formula is C13H21NO4S2. The molecule has 1 rings (SSSR count). The second-order valence-electron chi connectivity index (χ2n) is 5.02. The Kier molecular flexibility index (Phi) is 5.34. The van der Waals surface area contributed by atoms with Crippen LogP contribution in [0.4, 0.5) is 0 Å². The van der Waals surface area contributed by atoms with Crippen LogP contribution in [0.5, 0.6) is 0 Å². The molecule has 0 radical (unpaired) electrons. The third kappa shape index (κ3) is 4.04. The van der Waals surface area contributed by atoms with Gasteiger partial charge in [0.25, 0.3) is 0 Å². The second kappa shape index (κ2) is 6.24. The van der Waals surface area contributed by atoms with E-state index in [2.05, 4.69) is 5.32 Å². The number of rotatable bonds is 6. The van der Waals surface area contributed by atoms with Gasteiger partial charge in [0.2, 0.25) is 0 Å². The van der Waals surface area contributed by atoms with Gasteiger partial charge in [0, 0.05) is 12.3 Å². The van der Waals surface area contributed by atoms with Gasteiger partial charge in [-0.15, -0.1) is 0 Å². The molecule has 0 fully saturated rings. The fourth-order valence-electron chi connectivity index (χ4n) is 1.85. The maximum atomic E-state index is 12.4. The van der Waals surface area contributed by atoms with Gasteiger partial charge in [-0.1, -0.05) is 0 Å². The molecule has 0 saturated carbocycles. The van der Waals surface area contributed by atoms with Crippen molar-refractivity contribution in [1.82, 2.24) is 5.32 Å². The molecule has 0 aromatic heterocycles. The number of hydrogen-bond acceptors (Lipinski definition) is 5. The summed E-state index contributed by atoms with van der Waals surface area (Å²) < 4.78 is 47.4. The van der Waals surface area contributed by atoms with Crippen LogP contribution in [0, 0.1) is 0 Å². The highest BCUT2D eigenvalue weighted by molar-refractivity contribution is 7.92. The fraction of sp³-hybridized carbons (Fsp3) is 0.538. The highest BCUT2D eigenvalue weighted by Crippen LogP contribution is 2.21. The van der Waals surface area contributed by atoms with Crippen LogP contribution >= 0.6 is 0 Å². The molecule has 0 aliphatic rings. The number of sulfone groups is 2. The SMILES string of the molecule is CNC(C)CC(C)S(=O)(=O)c1ccc(S(C)(=O)=O)cc1. The quantitative estimate of drug-likeness (QED) is 0.853. The summed E-state index contributed by atoms with van der Waals surface area (Å²) >= 11 is 0. The van der Waals surface area contributed by atoms with Crippen LogP contribution < -0.4 is 5.32 Å². The van der Waals surface area contributed by atoms with E-state index in [1.54, 1.807) is 14.0 Å². The third-order valence-electron chi connectivity index (χ3n) is 3.29. The Hall–Kier alpha value is -0.920. The smallest absolute Gasteiger partial charge is 0.181 e. The molecule has 114 valence electrons. The lowest BCUT2D eigenvalue weighted by Gasteiger charge is -2.17. The first-order chi connectivity index (χ1) is 9.09. The molecule has 1 N–H and O–H groups in total. The molecule has 1 aromatic carbocycles. The summed E-state index contributed by atoms with van der Waals surface area (Å²) in [6.45, 7) is 3.58. The van der Waals surface area contributed by atoms with Crippen molar-refractivity contribution in [3.63, 3.8) is 0 Å². The minimum atomic E-state index is -3.44. The fourth-order valence-corrected chi connectivity index (χ4v) is 4.00. The molecule has 0 saturated heterocycles. The number of nitrogens with one attached hydrogen (secondary N) is 1. The molecule has 0 spiro atoms. The second-order valence-corrected chi connectivity index (χ2v) is 9.41. The van der Waals surface area contributed by atoms with E-state index in [-0.39, 0.29) is 15.8 Å². The predicted molar refractivity (Wildman–Crippen MR) is 79.3 cm³/mol. The van der Waals surface area contributed by atoms with Crippen molar-refractivity contribution < 1.29 is 16.8 Å². The molecule has 7 heteroatoms. The van der Waals surface area contributed by atoms with E-state index in [4.69, 9.17) is 0 Å². The first-order valence-corrected chi connectivity index (χ1v) is 9.74. The molecule has 0 amide bonds. The normalized spacial score (nSPS) is 15.8. The summed E-state index contributed by atoms with van der Waals surface area (Å²) in [5.41, 5.74) is 0. The molecule has 0 aliphatic heterocycles. The molecule has 2 atom stereocenters. The Labute approximate surface area is 121 Å². The van der Waals surface area contributed by atoms with E-state index in [9.17, 15) is 16.8 Å². The molecule has 0 heterocycles. The van der Waals surface area contributed by atoms with Gasteiger partial charge in [-0.2, -0.15) is 0 Å². The van der Waals surface area contributed by atoms with Crippen molar-refractivity contribution in [1.29, 1.82) is 0 Å². The van der Waals surface area contributed by atoms with Gasteiger partial charge in [-0.25, -0.2) is 16.8 Å². The van der Waals surface area contributed by atoms with E-state index in [0.717, 1.165) is 6.26 Å². The zero-order valence-electron chi connectivity index (χ0n) is 12.1.